The number of ether oxygens (including phenoxy) is 1. The minimum Gasteiger partial charge on any atom is -0.391 e. The van der Waals surface area contributed by atoms with Crippen LogP contribution in [0.25, 0.3) is 0 Å². The van der Waals surface area contributed by atoms with Gasteiger partial charge in [-0.15, -0.1) is 0 Å². The molecule has 84 valence electrons. The monoisotopic (exact) mass is 211 g/mol. The second-order valence-electron chi connectivity index (χ2n) is 4.68. The molecule has 1 heterocycles. The summed E-state index contributed by atoms with van der Waals surface area (Å²) in [6, 6.07) is 0.394. The highest BCUT2D eigenvalue weighted by Crippen LogP contribution is 2.27. The maximum Gasteiger partial charge on any atom is 0.327 e. The molecule has 2 rings (SSSR count). The van der Waals surface area contributed by atoms with Gasteiger partial charge in [-0.3, -0.25) is 14.5 Å². The summed E-state index contributed by atoms with van der Waals surface area (Å²) < 4.78 is 4.51. The number of carbonyl (C=O) groups excluding carboxylic acids is 2. The third-order valence-electron chi connectivity index (χ3n) is 3.32. The molecule has 2 fully saturated rings. The van der Waals surface area contributed by atoms with E-state index in [0.717, 1.165) is 12.8 Å². The Kier molecular flexibility index (Phi) is 3.05. The Labute approximate surface area is 89.6 Å². The fourth-order valence-corrected chi connectivity index (χ4v) is 2.57. The Morgan fingerprint density at radius 3 is 2.47 bits per heavy atom. The van der Waals surface area contributed by atoms with Crippen molar-refractivity contribution >= 4 is 11.9 Å². The molecule has 1 aliphatic carbocycles. The fourth-order valence-electron chi connectivity index (χ4n) is 2.57. The van der Waals surface area contributed by atoms with Gasteiger partial charge in [-0.25, -0.2) is 0 Å². The lowest BCUT2D eigenvalue weighted by Gasteiger charge is -2.36. The molecule has 15 heavy (non-hydrogen) atoms. The molecule has 1 saturated heterocycles. The molecule has 0 amide bonds. The third-order valence-corrected chi connectivity index (χ3v) is 3.32. The predicted octanol–water partition coefficient (Wildman–Crippen LogP) is 0.951. The topological polar surface area (TPSA) is 46.6 Å². The molecular weight excluding hydrogens is 194 g/mol. The molecule has 0 bridgehead atoms. The van der Waals surface area contributed by atoms with Crippen molar-refractivity contribution in [3.63, 3.8) is 0 Å². The summed E-state index contributed by atoms with van der Waals surface area (Å²) in [7, 11) is 0. The maximum absolute atomic E-state index is 11.1. The lowest BCUT2D eigenvalue weighted by atomic mass is 9.86. The van der Waals surface area contributed by atoms with Gasteiger partial charge in [0.2, 0.25) is 0 Å². The van der Waals surface area contributed by atoms with E-state index in [1.165, 1.54) is 12.8 Å². The van der Waals surface area contributed by atoms with Crippen LogP contribution in [0.3, 0.4) is 0 Å². The van der Waals surface area contributed by atoms with Crippen LogP contribution < -0.4 is 0 Å². The van der Waals surface area contributed by atoms with Crippen LogP contribution in [0.15, 0.2) is 0 Å². The minimum absolute atomic E-state index is 0.281. The van der Waals surface area contributed by atoms with Gasteiger partial charge in [0.25, 0.3) is 0 Å². The number of cyclic esters (lactones) is 2. The summed E-state index contributed by atoms with van der Waals surface area (Å²) >= 11 is 0. The Hall–Kier alpha value is -0.900. The number of carbonyl (C=O) groups is 2. The molecule has 2 aliphatic rings. The molecule has 0 aromatic heterocycles. The smallest absolute Gasteiger partial charge is 0.327 e. The average Bonchev–Trinajstić information content (AvgIpc) is 2.16. The molecule has 4 nitrogen and oxygen atoms in total. The zero-order valence-electron chi connectivity index (χ0n) is 9.07. The van der Waals surface area contributed by atoms with E-state index in [2.05, 4.69) is 11.7 Å². The standard InChI is InChI=1S/C11H17NO3/c1-8-3-2-4-9(5-8)12-6-10(13)15-11(14)7-12/h8-9H,2-7H2,1H3. The zero-order chi connectivity index (χ0) is 10.8. The molecule has 0 radical (unpaired) electrons. The molecule has 0 aromatic rings. The summed E-state index contributed by atoms with van der Waals surface area (Å²) in [5.74, 6) is -0.0919. The Balaban J connectivity index is 1.96. The normalized spacial score (nSPS) is 33.9. The van der Waals surface area contributed by atoms with Gasteiger partial charge in [-0.05, 0) is 18.8 Å². The first kappa shape index (κ1) is 10.6. The number of hydrogen-bond acceptors (Lipinski definition) is 4. The van der Waals surface area contributed by atoms with Gasteiger partial charge in [0, 0.05) is 6.04 Å². The Morgan fingerprint density at radius 2 is 1.87 bits per heavy atom. The van der Waals surface area contributed by atoms with Crippen molar-refractivity contribution in [2.45, 2.75) is 38.6 Å². The lowest BCUT2D eigenvalue weighted by Crippen LogP contribution is -2.49. The first-order valence-electron chi connectivity index (χ1n) is 5.62. The Morgan fingerprint density at radius 1 is 1.20 bits per heavy atom. The number of hydrogen-bond donors (Lipinski definition) is 0. The van der Waals surface area contributed by atoms with Crippen LogP contribution in [0.1, 0.15) is 32.6 Å². The van der Waals surface area contributed by atoms with E-state index < -0.39 is 11.9 Å². The minimum atomic E-state index is -0.399. The van der Waals surface area contributed by atoms with E-state index in [1.807, 2.05) is 4.90 Å². The molecule has 2 unspecified atom stereocenters. The molecule has 0 N–H and O–H groups in total. The highest BCUT2D eigenvalue weighted by atomic mass is 16.6. The van der Waals surface area contributed by atoms with Crippen molar-refractivity contribution in [2.75, 3.05) is 13.1 Å². The van der Waals surface area contributed by atoms with Crippen molar-refractivity contribution in [2.24, 2.45) is 5.92 Å². The lowest BCUT2D eigenvalue weighted by molar-refractivity contribution is -0.168. The average molecular weight is 211 g/mol. The van der Waals surface area contributed by atoms with Gasteiger partial charge in [-0.1, -0.05) is 19.8 Å². The van der Waals surface area contributed by atoms with Crippen LogP contribution in [0.2, 0.25) is 0 Å². The maximum atomic E-state index is 11.1. The highest BCUT2D eigenvalue weighted by molar-refractivity contribution is 5.90. The summed E-state index contributed by atoms with van der Waals surface area (Å²) in [5, 5.41) is 0. The summed E-state index contributed by atoms with van der Waals surface area (Å²) in [4.78, 5) is 24.2. The quantitative estimate of drug-likeness (QED) is 0.478. The fraction of sp³-hybridized carbons (Fsp3) is 0.818. The van der Waals surface area contributed by atoms with Crippen LogP contribution in [0.4, 0.5) is 0 Å². The van der Waals surface area contributed by atoms with Crippen LogP contribution in [0.5, 0.6) is 0 Å². The largest absolute Gasteiger partial charge is 0.391 e. The van der Waals surface area contributed by atoms with E-state index in [-0.39, 0.29) is 13.1 Å². The van der Waals surface area contributed by atoms with Gasteiger partial charge < -0.3 is 4.74 Å². The molecule has 1 saturated carbocycles. The first-order valence-corrected chi connectivity index (χ1v) is 5.62. The van der Waals surface area contributed by atoms with Crippen molar-refractivity contribution in [1.29, 1.82) is 0 Å². The van der Waals surface area contributed by atoms with Crippen molar-refractivity contribution in [3.8, 4) is 0 Å². The van der Waals surface area contributed by atoms with Crippen molar-refractivity contribution in [3.05, 3.63) is 0 Å². The molecule has 0 aromatic carbocycles. The Bertz CT molecular complexity index is 261. The van der Waals surface area contributed by atoms with Gasteiger partial charge in [0.05, 0.1) is 13.1 Å². The van der Waals surface area contributed by atoms with Crippen LogP contribution in [0, 0.1) is 5.92 Å². The molecule has 1 aliphatic heterocycles. The van der Waals surface area contributed by atoms with E-state index >= 15 is 0 Å². The number of nitrogens with zero attached hydrogens (tertiary/aromatic N) is 1. The van der Waals surface area contributed by atoms with Crippen LogP contribution in [-0.2, 0) is 14.3 Å². The zero-order valence-corrected chi connectivity index (χ0v) is 9.07. The number of morpholine rings is 1. The summed E-state index contributed by atoms with van der Waals surface area (Å²) in [6.45, 7) is 2.79. The summed E-state index contributed by atoms with van der Waals surface area (Å²) in [5.41, 5.74) is 0. The van der Waals surface area contributed by atoms with E-state index in [0.29, 0.717) is 12.0 Å². The number of rotatable bonds is 1. The van der Waals surface area contributed by atoms with Gasteiger partial charge in [0.15, 0.2) is 0 Å². The summed E-state index contributed by atoms with van der Waals surface area (Å²) in [6.07, 6.45) is 4.67. The van der Waals surface area contributed by atoms with Gasteiger partial charge >= 0.3 is 11.9 Å². The van der Waals surface area contributed by atoms with Gasteiger partial charge in [0.1, 0.15) is 0 Å². The van der Waals surface area contributed by atoms with Crippen molar-refractivity contribution in [1.82, 2.24) is 4.90 Å². The number of esters is 2. The highest BCUT2D eigenvalue weighted by Gasteiger charge is 2.32. The molecular formula is C11H17NO3. The van der Waals surface area contributed by atoms with Crippen LogP contribution >= 0.6 is 0 Å². The molecule has 4 heteroatoms. The third kappa shape index (κ3) is 2.56. The van der Waals surface area contributed by atoms with E-state index in [9.17, 15) is 9.59 Å². The van der Waals surface area contributed by atoms with E-state index in [4.69, 9.17) is 0 Å². The second kappa shape index (κ2) is 4.31. The van der Waals surface area contributed by atoms with Gasteiger partial charge in [-0.2, -0.15) is 0 Å². The predicted molar refractivity (Wildman–Crippen MR) is 54.1 cm³/mol. The second-order valence-corrected chi connectivity index (χ2v) is 4.68. The molecule has 0 spiro atoms. The molecule has 2 atom stereocenters. The SMILES string of the molecule is CC1CCCC(N2CC(=O)OC(=O)C2)C1. The van der Waals surface area contributed by atoms with Crippen molar-refractivity contribution < 1.29 is 14.3 Å². The van der Waals surface area contributed by atoms with Crippen LogP contribution in [-0.4, -0.2) is 36.0 Å². The first-order chi connectivity index (χ1) is 7.15. The van der Waals surface area contributed by atoms with E-state index in [1.54, 1.807) is 0 Å².